The maximum Gasteiger partial charge on any atom is 0.0880 e. The molecular formula is C21H25N3OS. The van der Waals surface area contributed by atoms with Crippen LogP contribution in [0.1, 0.15) is 12.8 Å². The Kier molecular flexibility index (Phi) is 5.20. The van der Waals surface area contributed by atoms with Crippen molar-refractivity contribution >= 4 is 11.8 Å². The van der Waals surface area contributed by atoms with Crippen LogP contribution in [-0.4, -0.2) is 38.8 Å². The first-order valence-corrected chi connectivity index (χ1v) is 9.94. The fourth-order valence-corrected chi connectivity index (χ4v) is 4.40. The summed E-state index contributed by atoms with van der Waals surface area (Å²) in [6.45, 7) is 2.43. The molecule has 136 valence electrons. The summed E-state index contributed by atoms with van der Waals surface area (Å²) in [7, 11) is 4.17. The molecule has 0 radical (unpaired) electrons. The quantitative estimate of drug-likeness (QED) is 0.702. The molecule has 0 saturated carbocycles. The summed E-state index contributed by atoms with van der Waals surface area (Å²) in [5.41, 5.74) is 14.4. The number of hydrogen-bond acceptors (Lipinski definition) is 5. The Bertz CT molecular complexity index is 809. The predicted molar refractivity (Wildman–Crippen MR) is 109 cm³/mol. The van der Waals surface area contributed by atoms with E-state index in [0.29, 0.717) is 6.61 Å². The molecule has 0 fully saturated rings. The molecular weight excluding hydrogens is 342 g/mol. The first-order chi connectivity index (χ1) is 12.7. The number of thioether (sulfide) groups is 1. The predicted octanol–water partition coefficient (Wildman–Crippen LogP) is 3.54. The van der Waals surface area contributed by atoms with Crippen LogP contribution in [0.2, 0.25) is 0 Å². The van der Waals surface area contributed by atoms with Crippen LogP contribution in [0.25, 0.3) is 0 Å². The van der Waals surface area contributed by atoms with Gasteiger partial charge in [-0.25, -0.2) is 0 Å². The second-order valence-electron chi connectivity index (χ2n) is 7.02. The lowest BCUT2D eigenvalue weighted by molar-refractivity contribution is 0.141. The van der Waals surface area contributed by atoms with E-state index < -0.39 is 0 Å². The van der Waals surface area contributed by atoms with Gasteiger partial charge in [-0.2, -0.15) is 0 Å². The van der Waals surface area contributed by atoms with Gasteiger partial charge >= 0.3 is 0 Å². The second-order valence-corrected chi connectivity index (χ2v) is 7.94. The second kappa shape index (κ2) is 7.74. The van der Waals surface area contributed by atoms with E-state index in [1.807, 2.05) is 11.8 Å². The van der Waals surface area contributed by atoms with Gasteiger partial charge in [-0.3, -0.25) is 0 Å². The third kappa shape index (κ3) is 3.61. The van der Waals surface area contributed by atoms with Gasteiger partial charge in [0.2, 0.25) is 0 Å². The molecule has 2 aliphatic heterocycles. The van der Waals surface area contributed by atoms with Crippen LogP contribution in [0.15, 0.2) is 80.5 Å². The average molecular weight is 368 g/mol. The van der Waals surface area contributed by atoms with Crippen LogP contribution in [-0.2, 0) is 4.74 Å². The van der Waals surface area contributed by atoms with Crippen LogP contribution >= 0.6 is 11.8 Å². The largest absolute Gasteiger partial charge is 0.375 e. The highest BCUT2D eigenvalue weighted by Gasteiger charge is 2.29. The maximum absolute atomic E-state index is 5.81. The van der Waals surface area contributed by atoms with Crippen molar-refractivity contribution in [2.24, 2.45) is 0 Å². The van der Waals surface area contributed by atoms with E-state index >= 15 is 0 Å². The molecule has 2 N–H and O–H groups in total. The lowest BCUT2D eigenvalue weighted by Crippen LogP contribution is -2.37. The Morgan fingerprint density at radius 2 is 2.12 bits per heavy atom. The zero-order chi connectivity index (χ0) is 17.9. The molecule has 2 aliphatic carbocycles. The van der Waals surface area contributed by atoms with Gasteiger partial charge in [-0.1, -0.05) is 42.1 Å². The van der Waals surface area contributed by atoms with Crippen molar-refractivity contribution in [1.29, 1.82) is 0 Å². The van der Waals surface area contributed by atoms with E-state index in [4.69, 9.17) is 4.74 Å². The van der Waals surface area contributed by atoms with Crippen LogP contribution in [0.4, 0.5) is 0 Å². The zero-order valence-electron chi connectivity index (χ0n) is 15.3. The highest BCUT2D eigenvalue weighted by Crippen LogP contribution is 2.47. The Morgan fingerprint density at radius 1 is 1.19 bits per heavy atom. The molecule has 26 heavy (non-hydrogen) atoms. The van der Waals surface area contributed by atoms with Crippen LogP contribution in [0.3, 0.4) is 0 Å². The van der Waals surface area contributed by atoms with Crippen molar-refractivity contribution in [2.75, 3.05) is 33.9 Å². The molecule has 0 unspecified atom stereocenters. The molecule has 0 aromatic carbocycles. The highest BCUT2D eigenvalue weighted by atomic mass is 32.2. The summed E-state index contributed by atoms with van der Waals surface area (Å²) in [6, 6.07) is 0. The normalized spacial score (nSPS) is 20.7. The fraction of sp³-hybridized carbons (Fsp3) is 0.333. The Hall–Kier alpha value is -1.95. The molecule has 0 saturated heterocycles. The van der Waals surface area contributed by atoms with Gasteiger partial charge in [0.15, 0.2) is 0 Å². The van der Waals surface area contributed by atoms with Gasteiger partial charge in [0.05, 0.1) is 18.0 Å². The first-order valence-electron chi connectivity index (χ1n) is 9.07. The number of nitrogens with one attached hydrogen (secondary N) is 2. The number of hydrogen-bond donors (Lipinski definition) is 2. The summed E-state index contributed by atoms with van der Waals surface area (Å²) in [5, 5.41) is 2.16. The molecule has 0 aromatic heterocycles. The molecule has 0 atom stereocenters. The highest BCUT2D eigenvalue weighted by molar-refractivity contribution is 8.06. The Morgan fingerprint density at radius 3 is 3.00 bits per heavy atom. The van der Waals surface area contributed by atoms with E-state index in [1.54, 1.807) is 0 Å². The van der Waals surface area contributed by atoms with Crippen molar-refractivity contribution in [1.82, 2.24) is 15.8 Å². The molecule has 0 amide bonds. The maximum atomic E-state index is 5.81. The first kappa shape index (κ1) is 17.5. The van der Waals surface area contributed by atoms with E-state index in [2.05, 4.69) is 71.7 Å². The lowest BCUT2D eigenvalue weighted by atomic mass is 10.0. The third-order valence-electron chi connectivity index (χ3n) is 4.75. The number of hydrazine groups is 1. The molecule has 2 heterocycles. The van der Waals surface area contributed by atoms with Gasteiger partial charge < -0.3 is 20.5 Å². The van der Waals surface area contributed by atoms with Gasteiger partial charge in [0.1, 0.15) is 0 Å². The standard InChI is InChI=1S/C21H25N3OS/c1-24(2)9-5-10-25-14-17-12-15-6-3-8-18-19(20(15)23-22-17)13-16-7-4-11-26-21(16)18/h3-4,6-8,11-12,22-23H,5,9-10,13-14H2,1-2H3. The molecule has 0 aromatic rings. The smallest absolute Gasteiger partial charge is 0.0880 e. The number of rotatable bonds is 6. The van der Waals surface area contributed by atoms with Crippen molar-refractivity contribution in [2.45, 2.75) is 12.8 Å². The number of allylic oxidation sites excluding steroid dienone is 9. The van der Waals surface area contributed by atoms with E-state index in [-0.39, 0.29) is 0 Å². The SMILES string of the molecule is CN(C)CCCOCC1=CC2=CC=CC3=C4SC=CC=C4CC3=C2NN1. The third-order valence-corrected chi connectivity index (χ3v) is 5.76. The van der Waals surface area contributed by atoms with Crippen molar-refractivity contribution < 1.29 is 4.74 Å². The molecule has 0 spiro atoms. The van der Waals surface area contributed by atoms with Gasteiger partial charge in [-0.15, -0.1) is 0 Å². The number of nitrogens with zero attached hydrogens (tertiary/aromatic N) is 1. The van der Waals surface area contributed by atoms with E-state index in [0.717, 1.165) is 31.7 Å². The molecule has 4 rings (SSSR count). The van der Waals surface area contributed by atoms with E-state index in [9.17, 15) is 0 Å². The number of fused-ring (bicyclic) bond motifs is 3. The molecule has 4 nitrogen and oxygen atoms in total. The summed E-state index contributed by atoms with van der Waals surface area (Å²) in [6.07, 6.45) is 15.2. The van der Waals surface area contributed by atoms with Gasteiger partial charge in [0.25, 0.3) is 0 Å². The van der Waals surface area contributed by atoms with E-state index in [1.165, 1.54) is 32.9 Å². The molecule has 4 aliphatic rings. The minimum Gasteiger partial charge on any atom is -0.375 e. The lowest BCUT2D eigenvalue weighted by Gasteiger charge is -2.24. The fourth-order valence-electron chi connectivity index (χ4n) is 3.49. The summed E-state index contributed by atoms with van der Waals surface area (Å²) >= 11 is 1.82. The van der Waals surface area contributed by atoms with Crippen LogP contribution < -0.4 is 10.9 Å². The Balaban J connectivity index is 1.47. The zero-order valence-corrected chi connectivity index (χ0v) is 16.2. The van der Waals surface area contributed by atoms with Crippen molar-refractivity contribution in [3.05, 3.63) is 80.5 Å². The minimum atomic E-state index is 0.600. The van der Waals surface area contributed by atoms with Crippen molar-refractivity contribution in [3.8, 4) is 0 Å². The van der Waals surface area contributed by atoms with Gasteiger partial charge in [0, 0.05) is 23.5 Å². The van der Waals surface area contributed by atoms with Crippen LogP contribution in [0.5, 0.6) is 0 Å². The average Bonchev–Trinajstić information content (AvgIpc) is 2.90. The number of ether oxygens (including phenoxy) is 1. The van der Waals surface area contributed by atoms with Crippen LogP contribution in [0, 0.1) is 0 Å². The topological polar surface area (TPSA) is 36.5 Å². The monoisotopic (exact) mass is 367 g/mol. The Labute approximate surface area is 159 Å². The van der Waals surface area contributed by atoms with Crippen molar-refractivity contribution in [3.63, 3.8) is 0 Å². The molecule has 0 bridgehead atoms. The van der Waals surface area contributed by atoms with Gasteiger partial charge in [-0.05, 0) is 55.3 Å². The summed E-state index contributed by atoms with van der Waals surface area (Å²) < 4.78 is 5.81. The minimum absolute atomic E-state index is 0.600. The molecule has 5 heteroatoms. The summed E-state index contributed by atoms with van der Waals surface area (Å²) in [4.78, 5) is 3.57. The summed E-state index contributed by atoms with van der Waals surface area (Å²) in [5.74, 6) is 0.